The number of piperazine rings is 1. The van der Waals surface area contributed by atoms with Gasteiger partial charge in [-0.2, -0.15) is 0 Å². The van der Waals surface area contributed by atoms with Crippen molar-refractivity contribution in [1.82, 2.24) is 9.80 Å². The average molecular weight is 495 g/mol. The standard InChI is InChI=1S/C30H39ClN2O2/c1-5-6-16-29(2,33-19-17-32(18-20-33)22-23-10-8-7-9-11-23)30(3,34)25-13-14-26-24(21-25)12-15-27(35-4)28(26)31/h7-15,21,34H,5-6,16-20,22H2,1-4H3. The normalized spacial score (nSPS) is 18.8. The van der Waals surface area contributed by atoms with Crippen molar-refractivity contribution in [2.75, 3.05) is 33.3 Å². The maximum atomic E-state index is 12.2. The summed E-state index contributed by atoms with van der Waals surface area (Å²) in [7, 11) is 1.63. The van der Waals surface area contributed by atoms with Gasteiger partial charge in [0.2, 0.25) is 0 Å². The highest BCUT2D eigenvalue weighted by atomic mass is 35.5. The van der Waals surface area contributed by atoms with Gasteiger partial charge in [-0.05, 0) is 48.9 Å². The first-order valence-electron chi connectivity index (χ1n) is 12.8. The summed E-state index contributed by atoms with van der Waals surface area (Å²) in [5, 5.41) is 14.8. The van der Waals surface area contributed by atoms with E-state index in [1.165, 1.54) is 5.56 Å². The molecule has 1 N–H and O–H groups in total. The van der Waals surface area contributed by atoms with Gasteiger partial charge in [0.15, 0.2) is 0 Å². The van der Waals surface area contributed by atoms with E-state index in [-0.39, 0.29) is 5.54 Å². The fourth-order valence-corrected chi connectivity index (χ4v) is 5.83. The van der Waals surface area contributed by atoms with Crippen LogP contribution in [0.4, 0.5) is 0 Å². The number of nitrogens with zero attached hydrogens (tertiary/aromatic N) is 2. The molecule has 3 aromatic rings. The summed E-state index contributed by atoms with van der Waals surface area (Å²) in [5.41, 5.74) is 0.876. The third-order valence-corrected chi connectivity index (χ3v) is 8.48. The molecular weight excluding hydrogens is 456 g/mol. The van der Waals surface area contributed by atoms with Crippen LogP contribution >= 0.6 is 11.6 Å². The van der Waals surface area contributed by atoms with Crippen LogP contribution in [0.5, 0.6) is 5.75 Å². The SMILES string of the molecule is CCCCC(C)(N1CCN(Cc2ccccc2)CC1)C(C)(O)c1ccc2c(Cl)c(OC)ccc2c1. The van der Waals surface area contributed by atoms with Crippen LogP contribution in [0.3, 0.4) is 0 Å². The van der Waals surface area contributed by atoms with Crippen molar-refractivity contribution in [3.63, 3.8) is 0 Å². The zero-order valence-corrected chi connectivity index (χ0v) is 22.3. The van der Waals surface area contributed by atoms with Gasteiger partial charge >= 0.3 is 0 Å². The van der Waals surface area contributed by atoms with E-state index in [1.807, 2.05) is 31.2 Å². The first-order chi connectivity index (χ1) is 16.8. The Labute approximate surface area is 215 Å². The van der Waals surface area contributed by atoms with E-state index < -0.39 is 5.60 Å². The van der Waals surface area contributed by atoms with E-state index in [4.69, 9.17) is 16.3 Å². The van der Waals surface area contributed by atoms with Gasteiger partial charge in [-0.3, -0.25) is 9.80 Å². The Bertz CT molecular complexity index is 1130. The Kier molecular flexibility index (Phi) is 8.07. The van der Waals surface area contributed by atoms with Crippen LogP contribution in [0.1, 0.15) is 51.2 Å². The minimum atomic E-state index is -1.02. The molecule has 0 spiro atoms. The molecule has 0 radical (unpaired) electrons. The lowest BCUT2D eigenvalue weighted by Gasteiger charge is -2.53. The topological polar surface area (TPSA) is 35.9 Å². The fraction of sp³-hybridized carbons (Fsp3) is 0.467. The number of rotatable bonds is 9. The van der Waals surface area contributed by atoms with Crippen LogP contribution in [-0.4, -0.2) is 53.7 Å². The van der Waals surface area contributed by atoms with E-state index in [0.29, 0.717) is 10.8 Å². The summed E-state index contributed by atoms with van der Waals surface area (Å²) >= 11 is 6.56. The van der Waals surface area contributed by atoms with Gasteiger partial charge in [0.1, 0.15) is 11.4 Å². The molecule has 4 nitrogen and oxygen atoms in total. The van der Waals surface area contributed by atoms with Crippen molar-refractivity contribution in [2.24, 2.45) is 0 Å². The molecule has 1 saturated heterocycles. The van der Waals surface area contributed by atoms with Gasteiger partial charge in [0, 0.05) is 38.1 Å². The molecular formula is C30H39ClN2O2. The van der Waals surface area contributed by atoms with Crippen molar-refractivity contribution in [2.45, 2.75) is 57.7 Å². The summed E-state index contributed by atoms with van der Waals surface area (Å²) in [6, 6.07) is 20.7. The number of ether oxygens (including phenoxy) is 1. The molecule has 35 heavy (non-hydrogen) atoms. The van der Waals surface area contributed by atoms with Gasteiger partial charge in [-0.1, -0.05) is 79.9 Å². The summed E-state index contributed by atoms with van der Waals surface area (Å²) in [4.78, 5) is 5.04. The molecule has 0 saturated carbocycles. The lowest BCUT2D eigenvalue weighted by atomic mass is 9.72. The highest BCUT2D eigenvalue weighted by Gasteiger charge is 2.48. The van der Waals surface area contributed by atoms with Crippen LogP contribution in [0.2, 0.25) is 5.02 Å². The second-order valence-electron chi connectivity index (χ2n) is 10.2. The molecule has 0 aliphatic carbocycles. The van der Waals surface area contributed by atoms with Crippen molar-refractivity contribution >= 4 is 22.4 Å². The van der Waals surface area contributed by atoms with Crippen LogP contribution < -0.4 is 4.74 Å². The fourth-order valence-electron chi connectivity index (χ4n) is 5.51. The molecule has 0 bridgehead atoms. The summed E-state index contributed by atoms with van der Waals surface area (Å²) in [6.07, 6.45) is 3.12. The average Bonchev–Trinajstić information content (AvgIpc) is 2.88. The van der Waals surface area contributed by atoms with E-state index in [9.17, 15) is 5.11 Å². The Morgan fingerprint density at radius 2 is 1.69 bits per heavy atom. The molecule has 0 amide bonds. The quantitative estimate of drug-likeness (QED) is 0.369. The van der Waals surface area contributed by atoms with Gasteiger partial charge in [-0.15, -0.1) is 0 Å². The Morgan fingerprint density at radius 3 is 2.34 bits per heavy atom. The van der Waals surface area contributed by atoms with Gasteiger partial charge in [-0.25, -0.2) is 0 Å². The van der Waals surface area contributed by atoms with Crippen LogP contribution in [-0.2, 0) is 12.1 Å². The Balaban J connectivity index is 1.59. The first-order valence-corrected chi connectivity index (χ1v) is 13.2. The Hall–Kier alpha value is -2.11. The predicted octanol–water partition coefficient (Wildman–Crippen LogP) is 6.48. The molecule has 188 valence electrons. The largest absolute Gasteiger partial charge is 0.495 e. The molecule has 2 atom stereocenters. The minimum Gasteiger partial charge on any atom is -0.495 e. The summed E-state index contributed by atoms with van der Waals surface area (Å²) in [5.74, 6) is 0.667. The van der Waals surface area contributed by atoms with Crippen LogP contribution in [0.15, 0.2) is 60.7 Å². The maximum Gasteiger partial charge on any atom is 0.138 e. The van der Waals surface area contributed by atoms with Gasteiger partial charge < -0.3 is 9.84 Å². The van der Waals surface area contributed by atoms with E-state index in [1.54, 1.807) is 7.11 Å². The second kappa shape index (κ2) is 10.9. The van der Waals surface area contributed by atoms with E-state index in [2.05, 4.69) is 60.0 Å². The predicted molar refractivity (Wildman–Crippen MR) is 146 cm³/mol. The second-order valence-corrected chi connectivity index (χ2v) is 10.6. The first kappa shape index (κ1) is 26.0. The monoisotopic (exact) mass is 494 g/mol. The number of hydrogen-bond donors (Lipinski definition) is 1. The van der Waals surface area contributed by atoms with Crippen LogP contribution in [0.25, 0.3) is 10.8 Å². The number of aliphatic hydroxyl groups is 1. The Morgan fingerprint density at radius 1 is 0.971 bits per heavy atom. The van der Waals surface area contributed by atoms with E-state index in [0.717, 1.165) is 68.3 Å². The minimum absolute atomic E-state index is 0.383. The molecule has 3 aromatic carbocycles. The molecule has 1 aliphatic heterocycles. The molecule has 4 rings (SSSR count). The summed E-state index contributed by atoms with van der Waals surface area (Å²) < 4.78 is 5.38. The zero-order chi connectivity index (χ0) is 25.1. The molecule has 0 aromatic heterocycles. The van der Waals surface area contributed by atoms with Crippen LogP contribution in [0, 0.1) is 0 Å². The number of unbranched alkanes of at least 4 members (excludes halogenated alkanes) is 1. The zero-order valence-electron chi connectivity index (χ0n) is 21.6. The number of hydrogen-bond acceptors (Lipinski definition) is 4. The van der Waals surface area contributed by atoms with Crippen molar-refractivity contribution in [3.8, 4) is 5.75 Å². The third kappa shape index (κ3) is 5.22. The molecule has 5 heteroatoms. The number of fused-ring (bicyclic) bond motifs is 1. The smallest absolute Gasteiger partial charge is 0.138 e. The number of halogens is 1. The highest BCUT2D eigenvalue weighted by Crippen LogP contribution is 2.43. The third-order valence-electron chi connectivity index (χ3n) is 8.09. The lowest BCUT2D eigenvalue weighted by Crippen LogP contribution is -2.63. The van der Waals surface area contributed by atoms with Crippen molar-refractivity contribution in [1.29, 1.82) is 0 Å². The highest BCUT2D eigenvalue weighted by molar-refractivity contribution is 6.37. The van der Waals surface area contributed by atoms with E-state index >= 15 is 0 Å². The van der Waals surface area contributed by atoms with Crippen molar-refractivity contribution < 1.29 is 9.84 Å². The number of benzene rings is 3. The maximum absolute atomic E-state index is 12.2. The van der Waals surface area contributed by atoms with Gasteiger partial charge in [0.05, 0.1) is 17.7 Å². The lowest BCUT2D eigenvalue weighted by molar-refractivity contribution is -0.117. The molecule has 1 fully saturated rings. The molecule has 1 aliphatic rings. The number of methoxy groups -OCH3 is 1. The summed E-state index contributed by atoms with van der Waals surface area (Å²) in [6.45, 7) is 11.3. The van der Waals surface area contributed by atoms with Crippen molar-refractivity contribution in [3.05, 3.63) is 76.8 Å². The molecule has 2 unspecified atom stereocenters. The molecule has 1 heterocycles. The van der Waals surface area contributed by atoms with Gasteiger partial charge in [0.25, 0.3) is 0 Å².